The van der Waals surface area contributed by atoms with Crippen LogP contribution < -0.4 is 15.8 Å². The largest absolute Gasteiger partial charge is 0.497 e. The number of benzene rings is 2. The van der Waals surface area contributed by atoms with Gasteiger partial charge in [0.15, 0.2) is 5.96 Å². The summed E-state index contributed by atoms with van der Waals surface area (Å²) in [6, 6.07) is 15.8. The van der Waals surface area contributed by atoms with Gasteiger partial charge in [0, 0.05) is 5.69 Å². The third-order valence-corrected chi connectivity index (χ3v) is 3.24. The van der Waals surface area contributed by atoms with Crippen molar-refractivity contribution < 1.29 is 9.47 Å². The van der Waals surface area contributed by atoms with Crippen molar-refractivity contribution in [2.24, 2.45) is 10.7 Å². The molecular weight excluding hydrogens is 290 g/mol. The number of ether oxygens (including phenoxy) is 2. The summed E-state index contributed by atoms with van der Waals surface area (Å²) in [5.41, 5.74) is 9.06. The van der Waals surface area contributed by atoms with Crippen molar-refractivity contribution in [3.8, 4) is 5.75 Å². The van der Waals surface area contributed by atoms with E-state index < -0.39 is 0 Å². The van der Waals surface area contributed by atoms with Crippen molar-refractivity contribution in [2.75, 3.05) is 25.6 Å². The first-order valence-corrected chi connectivity index (χ1v) is 7.51. The van der Waals surface area contributed by atoms with E-state index in [0.29, 0.717) is 25.7 Å². The van der Waals surface area contributed by atoms with E-state index in [9.17, 15) is 0 Å². The van der Waals surface area contributed by atoms with Gasteiger partial charge in [-0.1, -0.05) is 24.3 Å². The normalized spacial score (nSPS) is 11.3. The molecule has 0 bridgehead atoms. The summed E-state index contributed by atoms with van der Waals surface area (Å²) in [5, 5.41) is 3.06. The number of guanidine groups is 1. The Morgan fingerprint density at radius 2 is 1.96 bits per heavy atom. The highest BCUT2D eigenvalue weighted by Crippen LogP contribution is 2.12. The smallest absolute Gasteiger partial charge is 0.193 e. The monoisotopic (exact) mass is 313 g/mol. The minimum Gasteiger partial charge on any atom is -0.497 e. The van der Waals surface area contributed by atoms with Crippen molar-refractivity contribution in [1.82, 2.24) is 0 Å². The van der Waals surface area contributed by atoms with Crippen LogP contribution in [0.2, 0.25) is 0 Å². The summed E-state index contributed by atoms with van der Waals surface area (Å²) in [4.78, 5) is 4.25. The molecule has 0 aliphatic carbocycles. The minimum atomic E-state index is 0.392. The Hall–Kier alpha value is -2.53. The zero-order valence-corrected chi connectivity index (χ0v) is 13.6. The van der Waals surface area contributed by atoms with Gasteiger partial charge in [-0.25, -0.2) is 0 Å². The fraction of sp³-hybridized carbons (Fsp3) is 0.278. The molecule has 0 aliphatic heterocycles. The quantitative estimate of drug-likeness (QED) is 0.468. The molecule has 5 heteroatoms. The molecule has 0 radical (unpaired) electrons. The maximum absolute atomic E-state index is 5.85. The fourth-order valence-electron chi connectivity index (χ4n) is 2.05. The van der Waals surface area contributed by atoms with Gasteiger partial charge in [-0.05, 0) is 42.3 Å². The molecule has 23 heavy (non-hydrogen) atoms. The fourth-order valence-corrected chi connectivity index (χ4v) is 2.05. The molecule has 0 spiro atoms. The molecule has 0 fully saturated rings. The number of anilines is 1. The first kappa shape index (κ1) is 16.8. The standard InChI is InChI=1S/C18H23N3O2/c1-14-4-3-5-16(12-14)21-18(19)20-10-11-23-13-15-6-8-17(22-2)9-7-15/h3-9,12H,10-11,13H2,1-2H3,(H3,19,20,21). The van der Waals surface area contributed by atoms with Gasteiger partial charge in [0.05, 0.1) is 26.9 Å². The third kappa shape index (κ3) is 6.00. The van der Waals surface area contributed by atoms with Crippen LogP contribution in [0.1, 0.15) is 11.1 Å². The molecule has 0 saturated carbocycles. The van der Waals surface area contributed by atoms with E-state index in [1.54, 1.807) is 7.11 Å². The summed E-state index contributed by atoms with van der Waals surface area (Å²) in [5.74, 6) is 1.23. The van der Waals surface area contributed by atoms with Gasteiger partial charge >= 0.3 is 0 Å². The van der Waals surface area contributed by atoms with Crippen LogP contribution in [0.4, 0.5) is 5.69 Å². The highest BCUT2D eigenvalue weighted by atomic mass is 16.5. The number of methoxy groups -OCH3 is 1. The van der Waals surface area contributed by atoms with Crippen molar-refractivity contribution in [3.05, 3.63) is 59.7 Å². The molecule has 0 aliphatic rings. The Labute approximate surface area is 137 Å². The van der Waals surface area contributed by atoms with Gasteiger partial charge in [-0.2, -0.15) is 0 Å². The maximum Gasteiger partial charge on any atom is 0.193 e. The first-order chi connectivity index (χ1) is 11.2. The van der Waals surface area contributed by atoms with E-state index in [1.807, 2.05) is 55.5 Å². The molecule has 0 atom stereocenters. The van der Waals surface area contributed by atoms with Gasteiger partial charge in [-0.15, -0.1) is 0 Å². The molecule has 0 unspecified atom stereocenters. The Morgan fingerprint density at radius 1 is 1.17 bits per heavy atom. The Morgan fingerprint density at radius 3 is 2.65 bits per heavy atom. The summed E-state index contributed by atoms with van der Waals surface area (Å²) in [7, 11) is 1.65. The van der Waals surface area contributed by atoms with Crippen molar-refractivity contribution in [2.45, 2.75) is 13.5 Å². The van der Waals surface area contributed by atoms with Crippen molar-refractivity contribution in [3.63, 3.8) is 0 Å². The van der Waals surface area contributed by atoms with Gasteiger partial charge in [0.25, 0.3) is 0 Å². The summed E-state index contributed by atoms with van der Waals surface area (Å²) in [6.07, 6.45) is 0. The van der Waals surface area contributed by atoms with E-state index in [2.05, 4.69) is 10.3 Å². The lowest BCUT2D eigenvalue weighted by Gasteiger charge is -2.07. The molecule has 0 saturated heterocycles. The lowest BCUT2D eigenvalue weighted by Crippen LogP contribution is -2.23. The Bertz CT molecular complexity index is 639. The second kappa shape index (κ2) is 8.80. The van der Waals surface area contributed by atoms with E-state index in [0.717, 1.165) is 17.0 Å². The minimum absolute atomic E-state index is 0.392. The van der Waals surface area contributed by atoms with Crippen LogP contribution in [0.25, 0.3) is 0 Å². The summed E-state index contributed by atoms with van der Waals surface area (Å²) >= 11 is 0. The summed E-state index contributed by atoms with van der Waals surface area (Å²) in [6.45, 7) is 3.61. The van der Waals surface area contributed by atoms with Crippen LogP contribution in [0.5, 0.6) is 5.75 Å². The molecule has 2 aromatic rings. The van der Waals surface area contributed by atoms with Crippen LogP contribution in [-0.2, 0) is 11.3 Å². The number of nitrogens with one attached hydrogen (secondary N) is 1. The highest BCUT2D eigenvalue weighted by molar-refractivity contribution is 5.92. The molecule has 0 aromatic heterocycles. The van der Waals surface area contributed by atoms with Crippen molar-refractivity contribution in [1.29, 1.82) is 0 Å². The first-order valence-electron chi connectivity index (χ1n) is 7.51. The van der Waals surface area contributed by atoms with Gasteiger partial charge < -0.3 is 20.5 Å². The predicted octanol–water partition coefficient (Wildman–Crippen LogP) is 2.95. The molecule has 3 N–H and O–H groups in total. The number of hydrogen-bond acceptors (Lipinski definition) is 3. The van der Waals surface area contributed by atoms with Gasteiger partial charge in [-0.3, -0.25) is 4.99 Å². The zero-order chi connectivity index (χ0) is 16.5. The highest BCUT2D eigenvalue weighted by Gasteiger charge is 1.97. The van der Waals surface area contributed by atoms with E-state index in [1.165, 1.54) is 5.56 Å². The zero-order valence-electron chi connectivity index (χ0n) is 13.6. The second-order valence-electron chi connectivity index (χ2n) is 5.16. The van der Waals surface area contributed by atoms with Crippen LogP contribution in [0.3, 0.4) is 0 Å². The van der Waals surface area contributed by atoms with E-state index in [4.69, 9.17) is 15.2 Å². The maximum atomic E-state index is 5.85. The Kier molecular flexibility index (Phi) is 6.44. The third-order valence-electron chi connectivity index (χ3n) is 3.24. The van der Waals surface area contributed by atoms with Crippen LogP contribution >= 0.6 is 0 Å². The average molecular weight is 313 g/mol. The molecular formula is C18H23N3O2. The van der Waals surface area contributed by atoms with Crippen LogP contribution in [0.15, 0.2) is 53.5 Å². The van der Waals surface area contributed by atoms with Crippen LogP contribution in [0, 0.1) is 6.92 Å². The average Bonchev–Trinajstić information content (AvgIpc) is 2.55. The topological polar surface area (TPSA) is 68.9 Å². The molecule has 122 valence electrons. The van der Waals surface area contributed by atoms with Crippen molar-refractivity contribution >= 4 is 11.6 Å². The molecule has 0 amide bonds. The number of aryl methyl sites for hydroxylation is 1. The lowest BCUT2D eigenvalue weighted by atomic mass is 10.2. The number of nitrogens with zero attached hydrogens (tertiary/aromatic N) is 1. The Balaban J connectivity index is 1.69. The molecule has 2 rings (SSSR count). The van der Waals surface area contributed by atoms with Crippen LogP contribution in [-0.4, -0.2) is 26.2 Å². The van der Waals surface area contributed by atoms with Gasteiger partial charge in [0.2, 0.25) is 0 Å². The number of nitrogens with two attached hydrogens (primary N) is 1. The molecule has 2 aromatic carbocycles. The second-order valence-corrected chi connectivity index (χ2v) is 5.16. The number of aliphatic imine (C=N–C) groups is 1. The summed E-state index contributed by atoms with van der Waals surface area (Å²) < 4.78 is 10.7. The predicted molar refractivity (Wildman–Crippen MR) is 93.9 cm³/mol. The van der Waals surface area contributed by atoms with E-state index >= 15 is 0 Å². The number of hydrogen-bond donors (Lipinski definition) is 2. The SMILES string of the molecule is COc1ccc(COCCN=C(N)Nc2cccc(C)c2)cc1. The van der Waals surface area contributed by atoms with E-state index in [-0.39, 0.29) is 0 Å². The molecule has 0 heterocycles. The number of rotatable bonds is 7. The lowest BCUT2D eigenvalue weighted by molar-refractivity contribution is 0.128. The molecule has 5 nitrogen and oxygen atoms in total. The van der Waals surface area contributed by atoms with Gasteiger partial charge in [0.1, 0.15) is 5.75 Å².